The smallest absolute Gasteiger partial charge is 0.174 e. The second kappa shape index (κ2) is 4.86. The van der Waals surface area contributed by atoms with Crippen LogP contribution in [0.15, 0.2) is 33.3 Å². The summed E-state index contributed by atoms with van der Waals surface area (Å²) in [5, 5.41) is 3.38. The monoisotopic (exact) mass is 271 g/mol. The van der Waals surface area contributed by atoms with Gasteiger partial charge in [0.15, 0.2) is 4.67 Å². The fraction of sp³-hybridized carbons (Fsp3) is 0.455. The molecule has 1 aromatic heterocycles. The summed E-state index contributed by atoms with van der Waals surface area (Å²) in [5.74, 6) is 0.999. The molecular formula is C11H14BrNO2. The van der Waals surface area contributed by atoms with E-state index in [1.165, 1.54) is 0 Å². The van der Waals surface area contributed by atoms with E-state index in [9.17, 15) is 0 Å². The number of likely N-dealkylation sites (N-methyl/N-ethyl adjacent to an activating group) is 1. The van der Waals surface area contributed by atoms with Crippen LogP contribution in [0.2, 0.25) is 0 Å². The molecule has 15 heavy (non-hydrogen) atoms. The van der Waals surface area contributed by atoms with Gasteiger partial charge in [-0.05, 0) is 34.6 Å². The number of ether oxygens (including phenoxy) is 1. The Hall–Kier alpha value is -0.740. The van der Waals surface area contributed by atoms with Crippen LogP contribution in [0.1, 0.15) is 24.9 Å². The molecule has 0 aliphatic carbocycles. The second-order valence-corrected chi connectivity index (χ2v) is 4.10. The van der Waals surface area contributed by atoms with Crippen molar-refractivity contribution in [3.8, 4) is 0 Å². The Morgan fingerprint density at radius 2 is 2.47 bits per heavy atom. The van der Waals surface area contributed by atoms with Gasteiger partial charge >= 0.3 is 0 Å². The third-order valence-electron chi connectivity index (χ3n) is 2.38. The molecular weight excluding hydrogens is 258 g/mol. The van der Waals surface area contributed by atoms with Gasteiger partial charge in [0.05, 0.1) is 18.9 Å². The Bertz CT molecular complexity index is 359. The van der Waals surface area contributed by atoms with E-state index >= 15 is 0 Å². The van der Waals surface area contributed by atoms with Crippen LogP contribution in [0, 0.1) is 0 Å². The first kappa shape index (κ1) is 10.8. The Morgan fingerprint density at radius 3 is 3.00 bits per heavy atom. The summed E-state index contributed by atoms with van der Waals surface area (Å²) in [6.07, 6.45) is 4.80. The van der Waals surface area contributed by atoms with E-state index in [4.69, 9.17) is 9.15 Å². The Balaban J connectivity index is 2.23. The van der Waals surface area contributed by atoms with Crippen LogP contribution >= 0.6 is 15.9 Å². The van der Waals surface area contributed by atoms with Crippen LogP contribution in [0.3, 0.4) is 0 Å². The van der Waals surface area contributed by atoms with Gasteiger partial charge in [0.1, 0.15) is 5.76 Å². The maximum Gasteiger partial charge on any atom is 0.174 e. The van der Waals surface area contributed by atoms with Crippen molar-refractivity contribution < 1.29 is 9.15 Å². The zero-order valence-corrected chi connectivity index (χ0v) is 10.2. The summed E-state index contributed by atoms with van der Waals surface area (Å²) in [6.45, 7) is 3.76. The molecule has 1 N–H and O–H groups in total. The molecule has 0 saturated carbocycles. The van der Waals surface area contributed by atoms with Crippen molar-refractivity contribution in [3.63, 3.8) is 0 Å². The van der Waals surface area contributed by atoms with Gasteiger partial charge in [-0.15, -0.1) is 0 Å². The molecule has 1 aromatic rings. The summed E-state index contributed by atoms with van der Waals surface area (Å²) < 4.78 is 11.6. The zero-order valence-electron chi connectivity index (χ0n) is 8.63. The van der Waals surface area contributed by atoms with Gasteiger partial charge in [-0.2, -0.15) is 0 Å². The quantitative estimate of drug-likeness (QED) is 0.914. The lowest BCUT2D eigenvalue weighted by atomic mass is 10.1. The highest BCUT2D eigenvalue weighted by molar-refractivity contribution is 9.10. The van der Waals surface area contributed by atoms with Crippen LogP contribution in [0.25, 0.3) is 0 Å². The van der Waals surface area contributed by atoms with Crippen molar-refractivity contribution in [2.45, 2.75) is 19.4 Å². The number of rotatable bonds is 4. The van der Waals surface area contributed by atoms with Gasteiger partial charge in [0.2, 0.25) is 0 Å². The predicted molar refractivity (Wildman–Crippen MR) is 61.5 cm³/mol. The van der Waals surface area contributed by atoms with E-state index in [-0.39, 0.29) is 6.04 Å². The molecule has 82 valence electrons. The molecule has 0 aromatic carbocycles. The largest absolute Gasteiger partial charge is 0.496 e. The third-order valence-corrected chi connectivity index (χ3v) is 3.03. The normalized spacial score (nSPS) is 17.3. The molecule has 2 heterocycles. The van der Waals surface area contributed by atoms with Gasteiger partial charge < -0.3 is 14.5 Å². The maximum absolute atomic E-state index is 5.58. The van der Waals surface area contributed by atoms with Gasteiger partial charge in [0.25, 0.3) is 0 Å². The van der Waals surface area contributed by atoms with E-state index in [0.29, 0.717) is 0 Å². The van der Waals surface area contributed by atoms with Crippen LogP contribution < -0.4 is 5.32 Å². The molecule has 3 nitrogen and oxygen atoms in total. The molecule has 0 spiro atoms. The number of furan rings is 1. The average molecular weight is 272 g/mol. The Kier molecular flexibility index (Phi) is 3.49. The van der Waals surface area contributed by atoms with Crippen molar-refractivity contribution in [1.29, 1.82) is 0 Å². The SMILES string of the molecule is CCNC(C1=CCCO1)c1ccoc1Br. The highest BCUT2D eigenvalue weighted by Gasteiger charge is 2.23. The van der Waals surface area contributed by atoms with Crippen molar-refractivity contribution >= 4 is 15.9 Å². The number of halogens is 1. The van der Waals surface area contributed by atoms with Crippen LogP contribution in [-0.4, -0.2) is 13.2 Å². The molecule has 1 aliphatic heterocycles. The maximum atomic E-state index is 5.58. The van der Waals surface area contributed by atoms with E-state index in [0.717, 1.165) is 35.6 Å². The van der Waals surface area contributed by atoms with Crippen LogP contribution in [0.5, 0.6) is 0 Å². The standard InChI is InChI=1S/C11H14BrNO2/c1-2-13-10(9-4-3-6-14-9)8-5-7-15-11(8)12/h4-5,7,10,13H,2-3,6H2,1H3. The van der Waals surface area contributed by atoms with Gasteiger partial charge in [-0.25, -0.2) is 0 Å². The molecule has 2 rings (SSSR count). The highest BCUT2D eigenvalue weighted by atomic mass is 79.9. The molecule has 1 atom stereocenters. The average Bonchev–Trinajstić information content (AvgIpc) is 2.85. The first-order valence-electron chi connectivity index (χ1n) is 5.12. The van der Waals surface area contributed by atoms with E-state index in [1.807, 2.05) is 6.07 Å². The molecule has 0 amide bonds. The Morgan fingerprint density at radius 1 is 1.60 bits per heavy atom. The molecule has 0 saturated heterocycles. The zero-order chi connectivity index (χ0) is 10.7. The molecule has 4 heteroatoms. The molecule has 1 unspecified atom stereocenters. The number of nitrogens with one attached hydrogen (secondary N) is 1. The molecule has 0 fully saturated rings. The summed E-state index contributed by atoms with van der Waals surface area (Å²) in [5.41, 5.74) is 1.09. The molecule has 0 radical (unpaired) electrons. The van der Waals surface area contributed by atoms with Gasteiger partial charge in [0, 0.05) is 12.0 Å². The minimum Gasteiger partial charge on any atom is -0.496 e. The van der Waals surface area contributed by atoms with Crippen LogP contribution in [-0.2, 0) is 4.74 Å². The third kappa shape index (κ3) is 2.26. The lowest BCUT2D eigenvalue weighted by Gasteiger charge is -2.18. The fourth-order valence-electron chi connectivity index (χ4n) is 1.72. The summed E-state index contributed by atoms with van der Waals surface area (Å²) in [6, 6.07) is 2.06. The number of hydrogen-bond acceptors (Lipinski definition) is 3. The highest BCUT2D eigenvalue weighted by Crippen LogP contribution is 2.31. The van der Waals surface area contributed by atoms with Crippen molar-refractivity contribution in [2.75, 3.05) is 13.2 Å². The minimum atomic E-state index is 0.102. The molecule has 0 bridgehead atoms. The van der Waals surface area contributed by atoms with E-state index < -0.39 is 0 Å². The summed E-state index contributed by atoms with van der Waals surface area (Å²) >= 11 is 3.39. The molecule has 1 aliphatic rings. The summed E-state index contributed by atoms with van der Waals surface area (Å²) in [4.78, 5) is 0. The first-order valence-corrected chi connectivity index (χ1v) is 5.91. The summed E-state index contributed by atoms with van der Waals surface area (Å²) in [7, 11) is 0. The van der Waals surface area contributed by atoms with Crippen molar-refractivity contribution in [1.82, 2.24) is 5.32 Å². The first-order chi connectivity index (χ1) is 7.33. The number of hydrogen-bond donors (Lipinski definition) is 1. The van der Waals surface area contributed by atoms with Gasteiger partial charge in [-0.3, -0.25) is 0 Å². The topological polar surface area (TPSA) is 34.4 Å². The fourth-order valence-corrected chi connectivity index (χ4v) is 2.19. The predicted octanol–water partition coefficient (Wildman–Crippen LogP) is 3.00. The van der Waals surface area contributed by atoms with Crippen LogP contribution in [0.4, 0.5) is 0 Å². The minimum absolute atomic E-state index is 0.102. The Labute approximate surface area is 97.6 Å². The van der Waals surface area contributed by atoms with Crippen molar-refractivity contribution in [2.24, 2.45) is 0 Å². The lowest BCUT2D eigenvalue weighted by Crippen LogP contribution is -2.23. The van der Waals surface area contributed by atoms with Crippen molar-refractivity contribution in [3.05, 3.63) is 34.4 Å². The van der Waals surface area contributed by atoms with E-state index in [1.54, 1.807) is 6.26 Å². The lowest BCUT2D eigenvalue weighted by molar-refractivity contribution is 0.215. The second-order valence-electron chi connectivity index (χ2n) is 3.38. The van der Waals surface area contributed by atoms with E-state index in [2.05, 4.69) is 34.2 Å². The van der Waals surface area contributed by atoms with Gasteiger partial charge in [-0.1, -0.05) is 6.92 Å².